The molecule has 2 N–H and O–H groups in total. The van der Waals surface area contributed by atoms with Gasteiger partial charge in [0.15, 0.2) is 0 Å². The van der Waals surface area contributed by atoms with E-state index in [9.17, 15) is 0 Å². The zero-order valence-corrected chi connectivity index (χ0v) is 10.8. The molecule has 1 aromatic heterocycles. The molecule has 0 aliphatic carbocycles. The van der Waals surface area contributed by atoms with Crippen LogP contribution in [0.5, 0.6) is 0 Å². The quantitative estimate of drug-likeness (QED) is 0.843. The number of benzene rings is 1. The van der Waals surface area contributed by atoms with E-state index in [1.54, 1.807) is 6.20 Å². The van der Waals surface area contributed by atoms with Gasteiger partial charge < -0.3 is 10.6 Å². The van der Waals surface area contributed by atoms with E-state index in [-0.39, 0.29) is 0 Å². The van der Waals surface area contributed by atoms with Gasteiger partial charge in [0.05, 0.1) is 16.8 Å². The maximum atomic E-state index is 5.76. The second-order valence-electron chi connectivity index (χ2n) is 3.92. The summed E-state index contributed by atoms with van der Waals surface area (Å²) in [4.78, 5) is 6.91. The van der Waals surface area contributed by atoms with Gasteiger partial charge in [-0.3, -0.25) is 4.98 Å². The largest absolute Gasteiger partial charge is 0.389 e. The Morgan fingerprint density at radius 3 is 2.76 bits per heavy atom. The van der Waals surface area contributed by atoms with E-state index in [2.05, 4.69) is 16.8 Å². The van der Waals surface area contributed by atoms with Gasteiger partial charge in [-0.2, -0.15) is 0 Å². The summed E-state index contributed by atoms with van der Waals surface area (Å²) in [6, 6.07) is 8.02. The third-order valence-corrected chi connectivity index (χ3v) is 3.09. The van der Waals surface area contributed by atoms with Gasteiger partial charge in [0.2, 0.25) is 0 Å². The Balaban J connectivity index is 2.79. The minimum atomic E-state index is 0.388. The molecule has 0 atom stereocenters. The molecule has 4 heteroatoms. The van der Waals surface area contributed by atoms with Crippen molar-refractivity contribution in [1.29, 1.82) is 0 Å². The molecule has 0 fully saturated rings. The zero-order chi connectivity index (χ0) is 12.4. The van der Waals surface area contributed by atoms with Gasteiger partial charge in [-0.1, -0.05) is 30.4 Å². The minimum absolute atomic E-state index is 0.388. The summed E-state index contributed by atoms with van der Waals surface area (Å²) in [6.45, 7) is 2.99. The highest BCUT2D eigenvalue weighted by Gasteiger charge is 2.13. The Kier molecular flexibility index (Phi) is 3.24. The Hall–Kier alpha value is -1.68. The average Bonchev–Trinajstić information content (AvgIpc) is 2.36. The molecule has 0 radical (unpaired) electrons. The van der Waals surface area contributed by atoms with Crippen LogP contribution in [0.1, 0.15) is 12.5 Å². The fourth-order valence-corrected chi connectivity index (χ4v) is 2.03. The van der Waals surface area contributed by atoms with Crippen molar-refractivity contribution in [1.82, 2.24) is 4.98 Å². The first-order valence-corrected chi connectivity index (χ1v) is 5.94. The van der Waals surface area contributed by atoms with Crippen LogP contribution in [0.15, 0.2) is 30.5 Å². The minimum Gasteiger partial charge on any atom is -0.389 e. The van der Waals surface area contributed by atoms with E-state index in [4.69, 9.17) is 18.0 Å². The second-order valence-corrected chi connectivity index (χ2v) is 4.36. The molecule has 0 amide bonds. The maximum Gasteiger partial charge on any atom is 0.107 e. The number of hydrogen-bond acceptors (Lipinski definition) is 3. The van der Waals surface area contributed by atoms with Gasteiger partial charge >= 0.3 is 0 Å². The molecule has 2 rings (SSSR count). The van der Waals surface area contributed by atoms with Crippen molar-refractivity contribution in [3.05, 3.63) is 36.0 Å². The fourth-order valence-electron chi connectivity index (χ4n) is 1.88. The molecule has 1 aromatic carbocycles. The first-order chi connectivity index (χ1) is 8.15. The van der Waals surface area contributed by atoms with Crippen molar-refractivity contribution in [2.45, 2.75) is 6.92 Å². The predicted molar refractivity (Wildman–Crippen MR) is 76.6 cm³/mol. The van der Waals surface area contributed by atoms with Crippen LogP contribution < -0.4 is 10.6 Å². The topological polar surface area (TPSA) is 42.1 Å². The van der Waals surface area contributed by atoms with Crippen LogP contribution in [0.3, 0.4) is 0 Å². The monoisotopic (exact) mass is 245 g/mol. The number of para-hydroxylation sites is 1. The van der Waals surface area contributed by atoms with Crippen LogP contribution in [-0.4, -0.2) is 23.6 Å². The van der Waals surface area contributed by atoms with Crippen LogP contribution >= 0.6 is 12.2 Å². The number of fused-ring (bicyclic) bond motifs is 1. The number of hydrogen-bond donors (Lipinski definition) is 1. The molecule has 2 aromatic rings. The van der Waals surface area contributed by atoms with E-state index in [1.807, 2.05) is 31.3 Å². The molecule has 3 nitrogen and oxygen atoms in total. The number of anilines is 1. The third kappa shape index (κ3) is 2.08. The van der Waals surface area contributed by atoms with Crippen LogP contribution in [0.25, 0.3) is 10.9 Å². The second kappa shape index (κ2) is 4.67. The van der Waals surface area contributed by atoms with Gasteiger partial charge in [0.25, 0.3) is 0 Å². The van der Waals surface area contributed by atoms with Crippen LogP contribution in [0, 0.1) is 0 Å². The van der Waals surface area contributed by atoms with Crippen molar-refractivity contribution in [3.63, 3.8) is 0 Å². The van der Waals surface area contributed by atoms with Crippen molar-refractivity contribution in [2.24, 2.45) is 5.73 Å². The molecule has 0 spiro atoms. The summed E-state index contributed by atoms with van der Waals surface area (Å²) < 4.78 is 0. The molecular weight excluding hydrogens is 230 g/mol. The van der Waals surface area contributed by atoms with Gasteiger partial charge in [-0.15, -0.1) is 0 Å². The zero-order valence-electron chi connectivity index (χ0n) is 9.97. The van der Waals surface area contributed by atoms with Gasteiger partial charge in [0, 0.05) is 25.2 Å². The molecular formula is C13H15N3S. The number of nitrogens with zero attached hydrogens (tertiary/aromatic N) is 2. The first kappa shape index (κ1) is 11.8. The summed E-state index contributed by atoms with van der Waals surface area (Å²) in [5.41, 5.74) is 8.62. The van der Waals surface area contributed by atoms with Gasteiger partial charge in [-0.25, -0.2) is 0 Å². The lowest BCUT2D eigenvalue weighted by Gasteiger charge is -2.22. The standard InChI is InChI=1S/C13H15N3S/c1-3-16(2)12-9-6-4-5-7-11(9)15-8-10(12)13(14)17/h4-8H,3H2,1-2H3,(H2,14,17). The molecule has 88 valence electrons. The lowest BCUT2D eigenvalue weighted by Crippen LogP contribution is -2.22. The van der Waals surface area contributed by atoms with Crippen molar-refractivity contribution in [2.75, 3.05) is 18.5 Å². The van der Waals surface area contributed by atoms with E-state index < -0.39 is 0 Å². The highest BCUT2D eigenvalue weighted by molar-refractivity contribution is 7.80. The molecule has 0 unspecified atom stereocenters. The smallest absolute Gasteiger partial charge is 0.107 e. The van der Waals surface area contributed by atoms with Crippen LogP contribution in [0.4, 0.5) is 5.69 Å². The summed E-state index contributed by atoms with van der Waals surface area (Å²) >= 11 is 5.09. The summed E-state index contributed by atoms with van der Waals surface area (Å²) in [5.74, 6) is 0. The van der Waals surface area contributed by atoms with Crippen LogP contribution in [-0.2, 0) is 0 Å². The van der Waals surface area contributed by atoms with Crippen LogP contribution in [0.2, 0.25) is 0 Å². The predicted octanol–water partition coefficient (Wildman–Crippen LogP) is 2.33. The van der Waals surface area contributed by atoms with E-state index >= 15 is 0 Å². The maximum absolute atomic E-state index is 5.76. The van der Waals surface area contributed by atoms with E-state index in [0.717, 1.165) is 28.7 Å². The number of nitrogens with two attached hydrogens (primary N) is 1. The molecule has 0 saturated heterocycles. The first-order valence-electron chi connectivity index (χ1n) is 5.53. The van der Waals surface area contributed by atoms with Crippen molar-refractivity contribution >= 4 is 33.8 Å². The van der Waals surface area contributed by atoms with E-state index in [1.165, 1.54) is 0 Å². The Morgan fingerprint density at radius 2 is 2.12 bits per heavy atom. The number of pyridine rings is 1. The molecule has 1 heterocycles. The number of rotatable bonds is 3. The molecule has 0 bridgehead atoms. The van der Waals surface area contributed by atoms with Crippen molar-refractivity contribution < 1.29 is 0 Å². The highest BCUT2D eigenvalue weighted by Crippen LogP contribution is 2.28. The van der Waals surface area contributed by atoms with E-state index in [0.29, 0.717) is 4.99 Å². The number of aromatic nitrogens is 1. The summed E-state index contributed by atoms with van der Waals surface area (Å²) in [7, 11) is 2.03. The molecule has 0 aliphatic heterocycles. The lowest BCUT2D eigenvalue weighted by molar-refractivity contribution is 0.970. The number of thiocarbonyl (C=S) groups is 1. The Labute approximate surface area is 106 Å². The molecule has 17 heavy (non-hydrogen) atoms. The molecule has 0 saturated carbocycles. The van der Waals surface area contributed by atoms with Crippen molar-refractivity contribution in [3.8, 4) is 0 Å². The fraction of sp³-hybridized carbons (Fsp3) is 0.231. The summed E-state index contributed by atoms with van der Waals surface area (Å²) in [6.07, 6.45) is 1.76. The third-order valence-electron chi connectivity index (χ3n) is 2.87. The Morgan fingerprint density at radius 1 is 1.41 bits per heavy atom. The summed E-state index contributed by atoms with van der Waals surface area (Å²) in [5, 5.41) is 1.09. The SMILES string of the molecule is CCN(C)c1c(C(N)=S)cnc2ccccc12. The van der Waals surface area contributed by atoms with Gasteiger partial charge in [-0.05, 0) is 13.0 Å². The molecule has 0 aliphatic rings. The van der Waals surface area contributed by atoms with Gasteiger partial charge in [0.1, 0.15) is 4.99 Å². The Bertz CT molecular complexity index is 566. The normalized spacial score (nSPS) is 10.5. The highest BCUT2D eigenvalue weighted by atomic mass is 32.1. The average molecular weight is 245 g/mol. The lowest BCUT2D eigenvalue weighted by atomic mass is 10.1.